The van der Waals surface area contributed by atoms with Gasteiger partial charge in [-0.3, -0.25) is 4.79 Å². The van der Waals surface area contributed by atoms with Crippen LogP contribution < -0.4 is 10.1 Å². The van der Waals surface area contributed by atoms with E-state index in [9.17, 15) is 9.59 Å². The summed E-state index contributed by atoms with van der Waals surface area (Å²) in [7, 11) is 0. The molecule has 29 heavy (non-hydrogen) atoms. The average Bonchev–Trinajstić information content (AvgIpc) is 2.72. The molecule has 1 N–H and O–H groups in total. The number of hydrogen-bond acceptors (Lipinski definition) is 4. The molecule has 1 saturated carbocycles. The number of anilines is 1. The fraction of sp³-hybridized carbons (Fsp3) is 0.391. The summed E-state index contributed by atoms with van der Waals surface area (Å²) >= 11 is 6.09. The average molecular weight is 416 g/mol. The molecule has 1 atom stereocenters. The van der Waals surface area contributed by atoms with Gasteiger partial charge in [0.25, 0.3) is 5.91 Å². The lowest BCUT2D eigenvalue weighted by molar-refractivity contribution is -0.158. The Morgan fingerprint density at radius 2 is 1.76 bits per heavy atom. The highest BCUT2D eigenvalue weighted by Crippen LogP contribution is 2.24. The number of carbonyl (C=O) groups excluding carboxylic acids is 2. The van der Waals surface area contributed by atoms with E-state index < -0.39 is 6.10 Å². The Balaban J connectivity index is 1.55. The summed E-state index contributed by atoms with van der Waals surface area (Å²) in [6.45, 7) is 3.52. The van der Waals surface area contributed by atoms with Crippen LogP contribution in [0.4, 0.5) is 5.69 Å². The molecule has 154 valence electrons. The molecule has 0 heterocycles. The maximum atomic E-state index is 12.5. The molecular formula is C23H26ClNO4. The lowest BCUT2D eigenvalue weighted by atomic mass is 9.98. The summed E-state index contributed by atoms with van der Waals surface area (Å²) < 4.78 is 11.2. The number of nitrogens with one attached hydrogen (secondary N) is 1. The maximum absolute atomic E-state index is 12.5. The molecule has 1 fully saturated rings. The zero-order valence-corrected chi connectivity index (χ0v) is 17.5. The van der Waals surface area contributed by atoms with Crippen LogP contribution in [0.15, 0.2) is 42.5 Å². The van der Waals surface area contributed by atoms with Gasteiger partial charge in [-0.2, -0.15) is 0 Å². The van der Waals surface area contributed by atoms with Crippen molar-refractivity contribution in [1.29, 1.82) is 0 Å². The highest BCUT2D eigenvalue weighted by Gasteiger charge is 2.23. The van der Waals surface area contributed by atoms with Gasteiger partial charge in [0.1, 0.15) is 11.9 Å². The van der Waals surface area contributed by atoms with Gasteiger partial charge in [-0.1, -0.05) is 24.1 Å². The summed E-state index contributed by atoms with van der Waals surface area (Å²) in [5.74, 6) is -0.0876. The van der Waals surface area contributed by atoms with Crippen LogP contribution in [0.5, 0.6) is 5.75 Å². The predicted octanol–water partition coefficient (Wildman–Crippen LogP) is 5.54. The Morgan fingerprint density at radius 3 is 2.45 bits per heavy atom. The fourth-order valence-electron chi connectivity index (χ4n) is 3.32. The van der Waals surface area contributed by atoms with Crippen LogP contribution in [0.2, 0.25) is 5.02 Å². The number of benzene rings is 2. The minimum absolute atomic E-state index is 0.00307. The Kier molecular flexibility index (Phi) is 7.15. The smallest absolute Gasteiger partial charge is 0.347 e. The highest BCUT2D eigenvalue weighted by atomic mass is 35.5. The number of esters is 1. The first-order valence-corrected chi connectivity index (χ1v) is 10.4. The Hall–Kier alpha value is -2.53. The van der Waals surface area contributed by atoms with Crippen molar-refractivity contribution >= 4 is 29.2 Å². The van der Waals surface area contributed by atoms with Gasteiger partial charge in [-0.05, 0) is 81.5 Å². The molecule has 5 nitrogen and oxygen atoms in total. The molecule has 0 aliphatic heterocycles. The first-order chi connectivity index (χ1) is 13.9. The van der Waals surface area contributed by atoms with Gasteiger partial charge in [0.05, 0.1) is 0 Å². The van der Waals surface area contributed by atoms with Crippen molar-refractivity contribution in [3.63, 3.8) is 0 Å². The van der Waals surface area contributed by atoms with Crippen molar-refractivity contribution < 1.29 is 19.1 Å². The van der Waals surface area contributed by atoms with Crippen LogP contribution in [-0.4, -0.2) is 24.1 Å². The van der Waals surface area contributed by atoms with Gasteiger partial charge >= 0.3 is 5.97 Å². The second-order valence-electron chi connectivity index (χ2n) is 7.35. The van der Waals surface area contributed by atoms with E-state index in [1.807, 2.05) is 6.92 Å². The molecule has 6 heteroatoms. The molecule has 0 unspecified atom stereocenters. The zero-order chi connectivity index (χ0) is 20.8. The minimum Gasteiger partial charge on any atom is -0.479 e. The van der Waals surface area contributed by atoms with E-state index >= 15 is 0 Å². The van der Waals surface area contributed by atoms with E-state index in [1.165, 1.54) is 6.42 Å². The molecule has 1 aliphatic carbocycles. The van der Waals surface area contributed by atoms with Crippen molar-refractivity contribution in [2.75, 3.05) is 5.32 Å². The lowest BCUT2D eigenvalue weighted by Crippen LogP contribution is -2.31. The van der Waals surface area contributed by atoms with E-state index in [1.54, 1.807) is 49.4 Å². The van der Waals surface area contributed by atoms with E-state index in [0.717, 1.165) is 31.2 Å². The topological polar surface area (TPSA) is 64.6 Å². The van der Waals surface area contributed by atoms with Crippen molar-refractivity contribution in [1.82, 2.24) is 0 Å². The Labute approximate surface area is 176 Å². The molecule has 1 amide bonds. The monoisotopic (exact) mass is 415 g/mol. The molecule has 0 bridgehead atoms. The van der Waals surface area contributed by atoms with Gasteiger partial charge in [0.15, 0.2) is 6.10 Å². The maximum Gasteiger partial charge on any atom is 0.347 e. The van der Waals surface area contributed by atoms with Crippen molar-refractivity contribution in [2.24, 2.45) is 0 Å². The molecule has 2 aromatic carbocycles. The summed E-state index contributed by atoms with van der Waals surface area (Å²) in [5.41, 5.74) is 1.96. The predicted molar refractivity (Wildman–Crippen MR) is 114 cm³/mol. The van der Waals surface area contributed by atoms with E-state index in [2.05, 4.69) is 5.32 Å². The van der Waals surface area contributed by atoms with Crippen LogP contribution in [-0.2, 0) is 9.53 Å². The van der Waals surface area contributed by atoms with E-state index in [-0.39, 0.29) is 18.0 Å². The van der Waals surface area contributed by atoms with Gasteiger partial charge in [-0.25, -0.2) is 4.79 Å². The summed E-state index contributed by atoms with van der Waals surface area (Å²) in [6, 6.07) is 12.0. The van der Waals surface area contributed by atoms with Gasteiger partial charge in [0.2, 0.25) is 0 Å². The Bertz CT molecular complexity index is 860. The molecular weight excluding hydrogens is 390 g/mol. The Morgan fingerprint density at radius 1 is 1.07 bits per heavy atom. The van der Waals surface area contributed by atoms with Crippen LogP contribution in [0, 0.1) is 6.92 Å². The molecule has 0 radical (unpaired) electrons. The third kappa shape index (κ3) is 5.73. The van der Waals surface area contributed by atoms with E-state index in [0.29, 0.717) is 22.0 Å². The number of hydrogen-bond donors (Lipinski definition) is 1. The quantitative estimate of drug-likeness (QED) is 0.628. The normalized spacial score (nSPS) is 15.4. The van der Waals surface area contributed by atoms with Crippen LogP contribution >= 0.6 is 11.6 Å². The van der Waals surface area contributed by atoms with Crippen molar-refractivity contribution in [2.45, 2.75) is 58.2 Å². The first-order valence-electron chi connectivity index (χ1n) is 9.97. The standard InChI is InChI=1S/C23H26ClNO4/c1-15-20(24)9-6-10-21(15)25-22(26)17-11-13-19(14-12-17)28-16(2)23(27)29-18-7-4-3-5-8-18/h6,9-14,16,18H,3-5,7-8H2,1-2H3,(H,25,26)/t16-/m1/s1. The number of rotatable bonds is 6. The highest BCUT2D eigenvalue weighted by molar-refractivity contribution is 6.31. The largest absolute Gasteiger partial charge is 0.479 e. The minimum atomic E-state index is -0.703. The van der Waals surface area contributed by atoms with Gasteiger partial charge in [0, 0.05) is 16.3 Å². The molecule has 0 saturated heterocycles. The summed E-state index contributed by atoms with van der Waals surface area (Å²) in [4.78, 5) is 24.7. The lowest BCUT2D eigenvalue weighted by Gasteiger charge is -2.23. The third-order valence-electron chi connectivity index (χ3n) is 5.11. The molecule has 2 aromatic rings. The number of amides is 1. The van der Waals surface area contributed by atoms with Crippen molar-refractivity contribution in [3.05, 3.63) is 58.6 Å². The second-order valence-corrected chi connectivity index (χ2v) is 7.76. The van der Waals surface area contributed by atoms with Crippen LogP contribution in [0.1, 0.15) is 54.9 Å². The van der Waals surface area contributed by atoms with Crippen LogP contribution in [0.25, 0.3) is 0 Å². The molecule has 3 rings (SSSR count). The van der Waals surface area contributed by atoms with Crippen molar-refractivity contribution in [3.8, 4) is 5.75 Å². The molecule has 0 spiro atoms. The number of carbonyl (C=O) groups is 2. The SMILES string of the molecule is Cc1c(Cl)cccc1NC(=O)c1ccc(O[C@H](C)C(=O)OC2CCCCC2)cc1. The first kappa shape index (κ1) is 21.2. The summed E-state index contributed by atoms with van der Waals surface area (Å²) in [5, 5.41) is 3.45. The summed E-state index contributed by atoms with van der Waals surface area (Å²) in [6.07, 6.45) is 4.56. The van der Waals surface area contributed by atoms with E-state index in [4.69, 9.17) is 21.1 Å². The molecule has 1 aliphatic rings. The second kappa shape index (κ2) is 9.79. The van der Waals surface area contributed by atoms with Gasteiger partial charge < -0.3 is 14.8 Å². The third-order valence-corrected chi connectivity index (χ3v) is 5.52. The molecule has 0 aromatic heterocycles. The van der Waals surface area contributed by atoms with Crippen LogP contribution in [0.3, 0.4) is 0 Å². The fourth-order valence-corrected chi connectivity index (χ4v) is 3.49. The van der Waals surface area contributed by atoms with Gasteiger partial charge in [-0.15, -0.1) is 0 Å². The zero-order valence-electron chi connectivity index (χ0n) is 16.7. The number of halogens is 1. The number of ether oxygens (including phenoxy) is 2.